The highest BCUT2D eigenvalue weighted by atomic mass is 19.4. The fourth-order valence-electron chi connectivity index (χ4n) is 3.31. The van der Waals surface area contributed by atoms with Gasteiger partial charge in [0.1, 0.15) is 0 Å². The van der Waals surface area contributed by atoms with E-state index in [1.54, 1.807) is 0 Å². The van der Waals surface area contributed by atoms with Gasteiger partial charge in [-0.15, -0.1) is 0 Å². The third kappa shape index (κ3) is 5.10. The number of amides is 1. The molecule has 0 spiro atoms. The van der Waals surface area contributed by atoms with E-state index < -0.39 is 17.6 Å². The van der Waals surface area contributed by atoms with Gasteiger partial charge in [-0.3, -0.25) is 4.79 Å². The van der Waals surface area contributed by atoms with Crippen LogP contribution < -0.4 is 0 Å². The molecule has 3 nitrogen and oxygen atoms in total. The Morgan fingerprint density at radius 1 is 1.00 bits per heavy atom. The fourth-order valence-corrected chi connectivity index (χ4v) is 3.31. The number of alkyl halides is 3. The van der Waals surface area contributed by atoms with Gasteiger partial charge >= 0.3 is 6.18 Å². The summed E-state index contributed by atoms with van der Waals surface area (Å²) in [6, 6.07) is 14.8. The van der Waals surface area contributed by atoms with Crippen LogP contribution in [0.15, 0.2) is 54.6 Å². The minimum absolute atomic E-state index is 0.274. The van der Waals surface area contributed by atoms with Crippen molar-refractivity contribution >= 4 is 5.91 Å². The highest BCUT2D eigenvalue weighted by molar-refractivity contribution is 5.96. The second kappa shape index (κ2) is 8.57. The van der Waals surface area contributed by atoms with Crippen LogP contribution in [-0.4, -0.2) is 30.5 Å². The van der Waals surface area contributed by atoms with Crippen molar-refractivity contribution in [3.63, 3.8) is 0 Å². The molecule has 0 saturated carbocycles. The minimum Gasteiger partial charge on any atom is -0.376 e. The number of carbonyl (C=O) groups excluding carboxylic acids is 1. The van der Waals surface area contributed by atoms with Crippen LogP contribution >= 0.6 is 0 Å². The van der Waals surface area contributed by atoms with Gasteiger partial charge in [0.2, 0.25) is 0 Å². The van der Waals surface area contributed by atoms with Gasteiger partial charge < -0.3 is 9.64 Å². The van der Waals surface area contributed by atoms with Crippen LogP contribution in [0.3, 0.4) is 0 Å². The molecule has 1 fully saturated rings. The smallest absolute Gasteiger partial charge is 0.376 e. The van der Waals surface area contributed by atoms with E-state index in [-0.39, 0.29) is 5.56 Å². The lowest BCUT2D eigenvalue weighted by Gasteiger charge is -2.32. The number of rotatable bonds is 5. The number of piperidine rings is 1. The third-order valence-corrected chi connectivity index (χ3v) is 4.83. The standard InChI is InChI=1S/C21H22F3NO2/c22-21(23,24)19-9-5-4-8-18(19)20(26)25-12-10-17(11-13-25)15-27-14-16-6-2-1-3-7-16/h1-9,17H,10-15H2. The number of benzene rings is 2. The number of carbonyl (C=O) groups is 1. The molecule has 1 aliphatic rings. The Kier molecular flexibility index (Phi) is 6.16. The number of nitrogens with zero attached hydrogens (tertiary/aromatic N) is 1. The fraction of sp³-hybridized carbons (Fsp3) is 0.381. The molecule has 1 heterocycles. The van der Waals surface area contributed by atoms with Crippen molar-refractivity contribution in [1.29, 1.82) is 0 Å². The molecule has 3 rings (SSSR count). The zero-order chi connectivity index (χ0) is 19.3. The lowest BCUT2D eigenvalue weighted by molar-refractivity contribution is -0.138. The molecule has 2 aromatic carbocycles. The van der Waals surface area contributed by atoms with E-state index in [0.717, 1.165) is 24.5 Å². The van der Waals surface area contributed by atoms with E-state index in [2.05, 4.69) is 0 Å². The summed E-state index contributed by atoms with van der Waals surface area (Å²) in [7, 11) is 0. The number of ether oxygens (including phenoxy) is 1. The number of hydrogen-bond donors (Lipinski definition) is 0. The molecule has 0 N–H and O–H groups in total. The van der Waals surface area contributed by atoms with Crippen LogP contribution in [0.1, 0.15) is 34.3 Å². The molecule has 6 heteroatoms. The maximum atomic E-state index is 13.1. The van der Waals surface area contributed by atoms with Crippen molar-refractivity contribution in [1.82, 2.24) is 4.90 Å². The summed E-state index contributed by atoms with van der Waals surface area (Å²) in [6.45, 7) is 2.03. The van der Waals surface area contributed by atoms with E-state index in [9.17, 15) is 18.0 Å². The van der Waals surface area contributed by atoms with Gasteiger partial charge in [-0.2, -0.15) is 13.2 Å². The molecule has 1 amide bonds. The maximum absolute atomic E-state index is 13.1. The van der Waals surface area contributed by atoms with Crippen LogP contribution in [0.4, 0.5) is 13.2 Å². The quantitative estimate of drug-likeness (QED) is 0.751. The van der Waals surface area contributed by atoms with E-state index in [1.165, 1.54) is 23.1 Å². The van der Waals surface area contributed by atoms with E-state index >= 15 is 0 Å². The second-order valence-corrected chi connectivity index (χ2v) is 6.78. The van der Waals surface area contributed by atoms with Gasteiger partial charge in [-0.25, -0.2) is 0 Å². The number of halogens is 3. The molecule has 1 saturated heterocycles. The van der Waals surface area contributed by atoms with Crippen molar-refractivity contribution in [2.45, 2.75) is 25.6 Å². The first-order valence-electron chi connectivity index (χ1n) is 9.02. The van der Waals surface area contributed by atoms with Crippen LogP contribution in [0.5, 0.6) is 0 Å². The molecule has 0 aliphatic carbocycles. The van der Waals surface area contributed by atoms with E-state index in [0.29, 0.717) is 32.2 Å². The molecule has 1 aliphatic heterocycles. The van der Waals surface area contributed by atoms with Crippen molar-refractivity contribution in [2.24, 2.45) is 5.92 Å². The zero-order valence-corrected chi connectivity index (χ0v) is 14.9. The first-order chi connectivity index (χ1) is 12.9. The first kappa shape index (κ1) is 19.4. The highest BCUT2D eigenvalue weighted by Crippen LogP contribution is 2.33. The molecule has 0 bridgehead atoms. The zero-order valence-electron chi connectivity index (χ0n) is 14.9. The van der Waals surface area contributed by atoms with Crippen LogP contribution in [-0.2, 0) is 17.5 Å². The van der Waals surface area contributed by atoms with Crippen molar-refractivity contribution < 1.29 is 22.7 Å². The molecule has 0 atom stereocenters. The lowest BCUT2D eigenvalue weighted by atomic mass is 9.96. The maximum Gasteiger partial charge on any atom is 0.417 e. The Hall–Kier alpha value is -2.34. The summed E-state index contributed by atoms with van der Waals surface area (Å²) in [5, 5.41) is 0. The summed E-state index contributed by atoms with van der Waals surface area (Å²) >= 11 is 0. The summed E-state index contributed by atoms with van der Waals surface area (Å²) < 4.78 is 45.1. The number of hydrogen-bond acceptors (Lipinski definition) is 2. The van der Waals surface area contributed by atoms with Gasteiger partial charge in [0.25, 0.3) is 5.91 Å². The molecule has 0 unspecified atom stereocenters. The Morgan fingerprint density at radius 2 is 1.63 bits per heavy atom. The first-order valence-corrected chi connectivity index (χ1v) is 9.02. The van der Waals surface area contributed by atoms with Gasteiger partial charge in [-0.1, -0.05) is 42.5 Å². The molecule has 0 aromatic heterocycles. The van der Waals surface area contributed by atoms with Crippen molar-refractivity contribution in [2.75, 3.05) is 19.7 Å². The Balaban J connectivity index is 1.51. The predicted octanol–water partition coefficient (Wildman–Crippen LogP) is 4.77. The summed E-state index contributed by atoms with van der Waals surface area (Å²) in [5.74, 6) is -0.234. The van der Waals surface area contributed by atoms with E-state index in [4.69, 9.17) is 4.74 Å². The monoisotopic (exact) mass is 377 g/mol. The van der Waals surface area contributed by atoms with Crippen molar-refractivity contribution in [3.05, 3.63) is 71.3 Å². The van der Waals surface area contributed by atoms with Gasteiger partial charge in [-0.05, 0) is 36.5 Å². The Morgan fingerprint density at radius 3 is 2.30 bits per heavy atom. The van der Waals surface area contributed by atoms with Gasteiger partial charge in [0.15, 0.2) is 0 Å². The largest absolute Gasteiger partial charge is 0.417 e. The van der Waals surface area contributed by atoms with Crippen LogP contribution in [0.25, 0.3) is 0 Å². The summed E-state index contributed by atoms with van der Waals surface area (Å²) in [6.07, 6.45) is -3.07. The topological polar surface area (TPSA) is 29.5 Å². The SMILES string of the molecule is O=C(c1ccccc1C(F)(F)F)N1CCC(COCc2ccccc2)CC1. The van der Waals surface area contributed by atoms with Gasteiger partial charge in [0.05, 0.1) is 17.7 Å². The molecule has 27 heavy (non-hydrogen) atoms. The molecular formula is C21H22F3NO2. The van der Waals surface area contributed by atoms with E-state index in [1.807, 2.05) is 30.3 Å². The molecule has 144 valence electrons. The normalized spacial score (nSPS) is 15.7. The Labute approximate surface area is 156 Å². The predicted molar refractivity (Wildman–Crippen MR) is 96.2 cm³/mol. The van der Waals surface area contributed by atoms with Crippen LogP contribution in [0, 0.1) is 5.92 Å². The second-order valence-electron chi connectivity index (χ2n) is 6.78. The summed E-state index contributed by atoms with van der Waals surface area (Å²) in [5.41, 5.74) is -0.0408. The summed E-state index contributed by atoms with van der Waals surface area (Å²) in [4.78, 5) is 14.1. The van der Waals surface area contributed by atoms with Gasteiger partial charge in [0, 0.05) is 19.7 Å². The average molecular weight is 377 g/mol. The third-order valence-electron chi connectivity index (χ3n) is 4.83. The lowest BCUT2D eigenvalue weighted by Crippen LogP contribution is -2.40. The Bertz CT molecular complexity index is 754. The average Bonchev–Trinajstić information content (AvgIpc) is 2.68. The molecule has 0 radical (unpaired) electrons. The molecule has 2 aromatic rings. The minimum atomic E-state index is -4.53. The molecular weight excluding hydrogens is 355 g/mol. The van der Waals surface area contributed by atoms with Crippen LogP contribution in [0.2, 0.25) is 0 Å². The highest BCUT2D eigenvalue weighted by Gasteiger charge is 2.36. The van der Waals surface area contributed by atoms with Crippen molar-refractivity contribution in [3.8, 4) is 0 Å². The number of likely N-dealkylation sites (tertiary alicyclic amines) is 1.